The third kappa shape index (κ3) is 4.74. The minimum Gasteiger partial charge on any atom is -0.452 e. The van der Waals surface area contributed by atoms with Crippen molar-refractivity contribution in [2.45, 2.75) is 4.90 Å². The molecule has 8 nitrogen and oxygen atoms in total. The van der Waals surface area contributed by atoms with Crippen molar-refractivity contribution in [3.63, 3.8) is 0 Å². The molecule has 0 N–H and O–H groups in total. The van der Waals surface area contributed by atoms with E-state index >= 15 is 0 Å². The number of benzene rings is 2. The summed E-state index contributed by atoms with van der Waals surface area (Å²) in [6.07, 6.45) is 0. The maximum absolute atomic E-state index is 12.7. The summed E-state index contributed by atoms with van der Waals surface area (Å²) in [5.74, 6) is -0.996. The van der Waals surface area contributed by atoms with Gasteiger partial charge in [0.15, 0.2) is 6.61 Å². The van der Waals surface area contributed by atoms with Gasteiger partial charge in [-0.05, 0) is 42.5 Å². The lowest BCUT2D eigenvalue weighted by molar-refractivity contribution is -0.135. The number of hydrogen-bond acceptors (Lipinski definition) is 6. The molecule has 0 bridgehead atoms. The smallest absolute Gasteiger partial charge is 0.338 e. The molecule has 0 radical (unpaired) electrons. The fraction of sp³-hybridized carbons (Fsp3) is 0.227. The van der Waals surface area contributed by atoms with E-state index in [0.29, 0.717) is 16.2 Å². The maximum atomic E-state index is 12.7. The van der Waals surface area contributed by atoms with E-state index in [1.165, 1.54) is 9.21 Å². The number of pyridine rings is 1. The van der Waals surface area contributed by atoms with Crippen molar-refractivity contribution in [1.82, 2.24) is 14.2 Å². The third-order valence-corrected chi connectivity index (χ3v) is 7.31. The van der Waals surface area contributed by atoms with Gasteiger partial charge in [0.25, 0.3) is 5.91 Å². The number of aromatic nitrogens is 1. The number of esters is 1. The Hall–Kier alpha value is -3.01. The highest BCUT2D eigenvalue weighted by Gasteiger charge is 2.30. The summed E-state index contributed by atoms with van der Waals surface area (Å²) in [6, 6.07) is 16.4. The normalized spacial score (nSPS) is 15.0. The molecular weight excluding hydrogens is 454 g/mol. The second-order valence-electron chi connectivity index (χ2n) is 7.22. The van der Waals surface area contributed by atoms with Crippen molar-refractivity contribution in [3.05, 3.63) is 71.4 Å². The van der Waals surface area contributed by atoms with Crippen LogP contribution in [0, 0.1) is 0 Å². The minimum absolute atomic E-state index is 0.178. The largest absolute Gasteiger partial charge is 0.452 e. The van der Waals surface area contributed by atoms with E-state index in [9.17, 15) is 18.0 Å². The Labute approximate surface area is 190 Å². The van der Waals surface area contributed by atoms with Crippen molar-refractivity contribution in [2.24, 2.45) is 0 Å². The summed E-state index contributed by atoms with van der Waals surface area (Å²) in [6.45, 7) is 0.394. The zero-order chi connectivity index (χ0) is 22.7. The van der Waals surface area contributed by atoms with Gasteiger partial charge in [-0.3, -0.25) is 4.79 Å². The predicted molar refractivity (Wildman–Crippen MR) is 119 cm³/mol. The second kappa shape index (κ2) is 9.23. The quantitative estimate of drug-likeness (QED) is 0.417. The molecule has 0 saturated carbocycles. The van der Waals surface area contributed by atoms with E-state index in [1.807, 2.05) is 0 Å². The Morgan fingerprint density at radius 3 is 2.41 bits per heavy atom. The van der Waals surface area contributed by atoms with Gasteiger partial charge >= 0.3 is 5.97 Å². The molecule has 2 heterocycles. The molecule has 1 aliphatic rings. The van der Waals surface area contributed by atoms with Gasteiger partial charge < -0.3 is 9.64 Å². The highest BCUT2D eigenvalue weighted by Crippen LogP contribution is 2.19. The molecule has 166 valence electrons. The highest BCUT2D eigenvalue weighted by atomic mass is 35.5. The number of piperazine rings is 1. The van der Waals surface area contributed by atoms with Crippen molar-refractivity contribution in [3.8, 4) is 0 Å². The topological polar surface area (TPSA) is 96.9 Å². The number of amides is 1. The fourth-order valence-corrected chi connectivity index (χ4v) is 5.05. The number of nitrogens with zero attached hydrogens (tertiary/aromatic N) is 3. The van der Waals surface area contributed by atoms with Gasteiger partial charge in [0.1, 0.15) is 5.15 Å². The molecule has 1 aliphatic heterocycles. The number of sulfonamides is 1. The second-order valence-corrected chi connectivity index (χ2v) is 9.54. The van der Waals surface area contributed by atoms with Crippen LogP contribution in [0.2, 0.25) is 5.15 Å². The number of ether oxygens (including phenoxy) is 1. The predicted octanol–water partition coefficient (Wildman–Crippen LogP) is 2.58. The van der Waals surface area contributed by atoms with Gasteiger partial charge in [-0.25, -0.2) is 18.2 Å². The third-order valence-electron chi connectivity index (χ3n) is 5.19. The molecular formula is C22H20ClN3O5S. The van der Waals surface area contributed by atoms with Gasteiger partial charge in [0, 0.05) is 31.6 Å². The average Bonchev–Trinajstić information content (AvgIpc) is 2.82. The number of halogens is 1. The lowest BCUT2D eigenvalue weighted by Gasteiger charge is -2.33. The number of fused-ring (bicyclic) bond motifs is 1. The van der Waals surface area contributed by atoms with Gasteiger partial charge in [-0.1, -0.05) is 29.8 Å². The standard InChI is InChI=1S/C22H20ClN3O5S/c23-20-9-7-16-14-17(6-8-19(16)24-20)22(28)31-15-21(27)25-10-12-26(13-11-25)32(29,30)18-4-2-1-3-5-18/h1-9,14H,10-13,15H2. The van der Waals surface area contributed by atoms with Crippen LogP contribution < -0.4 is 0 Å². The Morgan fingerprint density at radius 1 is 0.969 bits per heavy atom. The van der Waals surface area contributed by atoms with Crippen LogP contribution in [0.5, 0.6) is 0 Å². The molecule has 2 aromatic carbocycles. The zero-order valence-electron chi connectivity index (χ0n) is 17.0. The van der Waals surface area contributed by atoms with Gasteiger partial charge in [0.05, 0.1) is 16.0 Å². The molecule has 0 spiro atoms. The Balaban J connectivity index is 1.31. The van der Waals surface area contributed by atoms with E-state index in [4.69, 9.17) is 16.3 Å². The highest BCUT2D eigenvalue weighted by molar-refractivity contribution is 7.89. The first-order valence-corrected chi connectivity index (χ1v) is 11.7. The lowest BCUT2D eigenvalue weighted by Crippen LogP contribution is -2.51. The molecule has 0 aliphatic carbocycles. The van der Waals surface area contributed by atoms with E-state index in [1.54, 1.807) is 60.7 Å². The molecule has 10 heteroatoms. The summed E-state index contributed by atoms with van der Waals surface area (Å²) >= 11 is 5.86. The molecule has 3 aromatic rings. The van der Waals surface area contributed by atoms with E-state index < -0.39 is 22.6 Å². The van der Waals surface area contributed by atoms with Crippen LogP contribution in [-0.4, -0.2) is 67.3 Å². The van der Waals surface area contributed by atoms with Crippen LogP contribution in [-0.2, 0) is 19.6 Å². The van der Waals surface area contributed by atoms with Crippen LogP contribution in [0.4, 0.5) is 0 Å². The molecule has 0 atom stereocenters. The number of carbonyl (C=O) groups is 2. The minimum atomic E-state index is -3.60. The average molecular weight is 474 g/mol. The lowest BCUT2D eigenvalue weighted by atomic mass is 10.1. The van der Waals surface area contributed by atoms with Crippen LogP contribution in [0.25, 0.3) is 10.9 Å². The molecule has 1 amide bonds. The summed E-state index contributed by atoms with van der Waals surface area (Å²) in [7, 11) is -3.60. The molecule has 32 heavy (non-hydrogen) atoms. The first-order chi connectivity index (χ1) is 15.3. The van der Waals surface area contributed by atoms with Gasteiger partial charge in [-0.15, -0.1) is 0 Å². The summed E-state index contributed by atoms with van der Waals surface area (Å²) in [5.41, 5.74) is 0.946. The molecule has 1 fully saturated rings. The van der Waals surface area contributed by atoms with Crippen molar-refractivity contribution in [2.75, 3.05) is 32.8 Å². The fourth-order valence-electron chi connectivity index (χ4n) is 3.45. The van der Waals surface area contributed by atoms with E-state index in [0.717, 1.165) is 5.39 Å². The molecule has 4 rings (SSSR count). The van der Waals surface area contributed by atoms with Crippen molar-refractivity contribution < 1.29 is 22.7 Å². The number of hydrogen-bond donors (Lipinski definition) is 0. The van der Waals surface area contributed by atoms with Crippen molar-refractivity contribution in [1.29, 1.82) is 0 Å². The number of carbonyl (C=O) groups excluding carboxylic acids is 2. The number of rotatable bonds is 5. The van der Waals surface area contributed by atoms with Crippen LogP contribution >= 0.6 is 11.6 Å². The zero-order valence-corrected chi connectivity index (χ0v) is 18.6. The SMILES string of the molecule is O=C(OCC(=O)N1CCN(S(=O)(=O)c2ccccc2)CC1)c1ccc2nc(Cl)ccc2c1. The summed E-state index contributed by atoms with van der Waals surface area (Å²) in [4.78, 5) is 30.7. The Kier molecular flexibility index (Phi) is 6.40. The first kappa shape index (κ1) is 22.2. The summed E-state index contributed by atoms with van der Waals surface area (Å²) in [5, 5.41) is 1.08. The maximum Gasteiger partial charge on any atom is 0.338 e. The Bertz CT molecular complexity index is 1260. The van der Waals surface area contributed by atoms with Gasteiger partial charge in [-0.2, -0.15) is 4.31 Å². The van der Waals surface area contributed by atoms with E-state index in [-0.39, 0.29) is 37.0 Å². The Morgan fingerprint density at radius 2 is 1.69 bits per heavy atom. The van der Waals surface area contributed by atoms with Crippen molar-refractivity contribution >= 4 is 44.4 Å². The first-order valence-electron chi connectivity index (χ1n) is 9.91. The monoisotopic (exact) mass is 473 g/mol. The van der Waals surface area contributed by atoms with Crippen LogP contribution in [0.3, 0.4) is 0 Å². The molecule has 1 saturated heterocycles. The van der Waals surface area contributed by atoms with Gasteiger partial charge in [0.2, 0.25) is 10.0 Å². The molecule has 0 unspecified atom stereocenters. The molecule has 1 aromatic heterocycles. The summed E-state index contributed by atoms with van der Waals surface area (Å²) < 4.78 is 31.9. The van der Waals surface area contributed by atoms with Crippen LogP contribution in [0.15, 0.2) is 65.6 Å². The van der Waals surface area contributed by atoms with Crippen LogP contribution in [0.1, 0.15) is 10.4 Å². The van der Waals surface area contributed by atoms with E-state index in [2.05, 4.69) is 4.98 Å².